The van der Waals surface area contributed by atoms with Crippen molar-refractivity contribution in [3.63, 3.8) is 0 Å². The molecule has 0 aliphatic heterocycles. The van der Waals surface area contributed by atoms with Gasteiger partial charge >= 0.3 is 0 Å². The average molecular weight is 212 g/mol. The Hall–Kier alpha value is -1.36. The summed E-state index contributed by atoms with van der Waals surface area (Å²) in [5.74, 6) is -0.194. The molecule has 0 aliphatic rings. The third-order valence-corrected chi connectivity index (χ3v) is 3.01. The van der Waals surface area contributed by atoms with Crippen LogP contribution in [0, 0.1) is 0 Å². The summed E-state index contributed by atoms with van der Waals surface area (Å²) in [5, 5.41) is 0. The molecule has 0 aliphatic carbocycles. The number of nitrogen functional groups attached to an aromatic ring is 1. The molecule has 0 saturated heterocycles. The van der Waals surface area contributed by atoms with E-state index in [0.717, 1.165) is 0 Å². The Morgan fingerprint density at radius 2 is 2.14 bits per heavy atom. The van der Waals surface area contributed by atoms with Crippen LogP contribution in [0.25, 0.3) is 0 Å². The van der Waals surface area contributed by atoms with Crippen molar-refractivity contribution in [2.24, 2.45) is 5.73 Å². The molecule has 0 heterocycles. The fourth-order valence-corrected chi connectivity index (χ4v) is 2.09. The molecule has 4 nitrogen and oxygen atoms in total. The lowest BCUT2D eigenvalue weighted by Gasteiger charge is -2.01. The van der Waals surface area contributed by atoms with Crippen molar-refractivity contribution in [2.45, 2.75) is 11.3 Å². The highest BCUT2D eigenvalue weighted by atomic mass is 32.2. The quantitative estimate of drug-likeness (QED) is 0.701. The topological polar surface area (TPSA) is 86.2 Å². The molecule has 1 rings (SSSR count). The lowest BCUT2D eigenvalue weighted by molar-refractivity contribution is -0.117. The van der Waals surface area contributed by atoms with E-state index in [1.54, 1.807) is 24.3 Å². The Kier molecular flexibility index (Phi) is 3.64. The van der Waals surface area contributed by atoms with Crippen LogP contribution in [-0.4, -0.2) is 15.9 Å². The summed E-state index contributed by atoms with van der Waals surface area (Å²) < 4.78 is 11.5. The number of nitrogens with two attached hydrogens (primary N) is 2. The highest BCUT2D eigenvalue weighted by Gasteiger charge is 2.05. The van der Waals surface area contributed by atoms with Gasteiger partial charge in [-0.2, -0.15) is 0 Å². The molecule has 0 radical (unpaired) electrons. The maximum Gasteiger partial charge on any atom is 0.218 e. The number of carbonyl (C=O) groups is 1. The molecule has 1 aromatic rings. The van der Waals surface area contributed by atoms with Gasteiger partial charge in [-0.15, -0.1) is 0 Å². The fraction of sp³-hybridized carbons (Fsp3) is 0.222. The van der Waals surface area contributed by atoms with Crippen LogP contribution in [0.5, 0.6) is 0 Å². The molecule has 1 atom stereocenters. The highest BCUT2D eigenvalue weighted by Crippen LogP contribution is 2.11. The second-order valence-electron chi connectivity index (χ2n) is 2.84. The van der Waals surface area contributed by atoms with Crippen LogP contribution >= 0.6 is 0 Å². The third kappa shape index (κ3) is 3.18. The largest absolute Gasteiger partial charge is 0.399 e. The average Bonchev–Trinajstić information content (AvgIpc) is 2.14. The molecule has 0 spiro atoms. The van der Waals surface area contributed by atoms with Gasteiger partial charge in [0.25, 0.3) is 0 Å². The van der Waals surface area contributed by atoms with Crippen LogP contribution in [0.15, 0.2) is 29.2 Å². The van der Waals surface area contributed by atoms with Crippen molar-refractivity contribution in [1.82, 2.24) is 0 Å². The predicted molar refractivity (Wildman–Crippen MR) is 55.9 cm³/mol. The maximum atomic E-state index is 11.5. The summed E-state index contributed by atoms with van der Waals surface area (Å²) in [4.78, 5) is 11.1. The van der Waals surface area contributed by atoms with Crippen LogP contribution in [0.3, 0.4) is 0 Å². The van der Waals surface area contributed by atoms with Gasteiger partial charge in [0, 0.05) is 22.8 Å². The van der Waals surface area contributed by atoms with Crippen molar-refractivity contribution in [3.8, 4) is 0 Å². The minimum absolute atomic E-state index is 0.126. The lowest BCUT2D eigenvalue weighted by atomic mass is 10.3. The predicted octanol–water partition coefficient (Wildman–Crippen LogP) is 0.252. The summed E-state index contributed by atoms with van der Waals surface area (Å²) >= 11 is 0. The van der Waals surface area contributed by atoms with E-state index < -0.39 is 16.7 Å². The minimum atomic E-state index is -1.20. The smallest absolute Gasteiger partial charge is 0.218 e. The maximum absolute atomic E-state index is 11.5. The Morgan fingerprint density at radius 1 is 1.43 bits per heavy atom. The van der Waals surface area contributed by atoms with Crippen molar-refractivity contribution in [3.05, 3.63) is 24.3 Å². The number of primary amides is 1. The van der Waals surface area contributed by atoms with E-state index >= 15 is 0 Å². The van der Waals surface area contributed by atoms with Gasteiger partial charge in [-0.1, -0.05) is 6.07 Å². The number of carbonyl (C=O) groups excluding carboxylic acids is 1. The Morgan fingerprint density at radius 3 is 2.71 bits per heavy atom. The van der Waals surface area contributed by atoms with Gasteiger partial charge in [0.1, 0.15) is 0 Å². The molecule has 14 heavy (non-hydrogen) atoms. The second-order valence-corrected chi connectivity index (χ2v) is 4.41. The molecule has 0 fully saturated rings. The summed E-state index contributed by atoms with van der Waals surface area (Å²) in [6.45, 7) is 0. The first-order chi connectivity index (χ1) is 6.59. The normalized spacial score (nSPS) is 12.3. The summed E-state index contributed by atoms with van der Waals surface area (Å²) in [7, 11) is -1.20. The molecule has 76 valence electrons. The van der Waals surface area contributed by atoms with Crippen LogP contribution in [0.4, 0.5) is 5.69 Å². The van der Waals surface area contributed by atoms with Crippen LogP contribution in [0.2, 0.25) is 0 Å². The fourth-order valence-electron chi connectivity index (χ4n) is 0.967. The van der Waals surface area contributed by atoms with E-state index in [1.165, 1.54) is 0 Å². The summed E-state index contributed by atoms with van der Waals surface area (Å²) in [6, 6.07) is 6.80. The van der Waals surface area contributed by atoms with Crippen LogP contribution < -0.4 is 11.5 Å². The van der Waals surface area contributed by atoms with E-state index in [4.69, 9.17) is 11.5 Å². The summed E-state index contributed by atoms with van der Waals surface area (Å²) in [6.07, 6.45) is 0.126. The van der Waals surface area contributed by atoms with E-state index in [2.05, 4.69) is 0 Å². The molecule has 5 heteroatoms. The Balaban J connectivity index is 2.65. The van der Waals surface area contributed by atoms with Gasteiger partial charge in [-0.05, 0) is 18.2 Å². The minimum Gasteiger partial charge on any atom is -0.399 e. The zero-order chi connectivity index (χ0) is 10.6. The zero-order valence-electron chi connectivity index (χ0n) is 7.60. The first-order valence-electron chi connectivity index (χ1n) is 4.12. The first-order valence-corrected chi connectivity index (χ1v) is 5.43. The molecule has 0 aromatic heterocycles. The SMILES string of the molecule is NC(=O)CCS(=O)c1cccc(N)c1. The number of hydrogen-bond acceptors (Lipinski definition) is 3. The number of hydrogen-bond donors (Lipinski definition) is 2. The van der Waals surface area contributed by atoms with Gasteiger partial charge in [0.2, 0.25) is 5.91 Å². The molecule has 1 amide bonds. The monoisotopic (exact) mass is 212 g/mol. The number of amides is 1. The third-order valence-electron chi connectivity index (χ3n) is 1.65. The van der Waals surface area contributed by atoms with Crippen LogP contribution in [0.1, 0.15) is 6.42 Å². The number of benzene rings is 1. The zero-order valence-corrected chi connectivity index (χ0v) is 8.42. The lowest BCUT2D eigenvalue weighted by Crippen LogP contribution is -2.14. The van der Waals surface area contributed by atoms with Gasteiger partial charge in [0.05, 0.1) is 10.8 Å². The molecule has 4 N–H and O–H groups in total. The molecular weight excluding hydrogens is 200 g/mol. The van der Waals surface area contributed by atoms with Crippen LogP contribution in [-0.2, 0) is 15.6 Å². The van der Waals surface area contributed by atoms with Gasteiger partial charge in [-0.25, -0.2) is 0 Å². The molecule has 1 aromatic carbocycles. The van der Waals surface area contributed by atoms with E-state index in [9.17, 15) is 9.00 Å². The van der Waals surface area contributed by atoms with Gasteiger partial charge in [0.15, 0.2) is 0 Å². The first kappa shape index (κ1) is 10.7. The van der Waals surface area contributed by atoms with Crippen molar-refractivity contribution < 1.29 is 9.00 Å². The summed E-state index contributed by atoms with van der Waals surface area (Å²) in [5.41, 5.74) is 11.0. The van der Waals surface area contributed by atoms with E-state index in [1.807, 2.05) is 0 Å². The van der Waals surface area contributed by atoms with Crippen molar-refractivity contribution in [1.29, 1.82) is 0 Å². The molecule has 0 bridgehead atoms. The Labute approximate surface area is 84.7 Å². The van der Waals surface area contributed by atoms with Gasteiger partial charge in [-0.3, -0.25) is 9.00 Å². The van der Waals surface area contributed by atoms with E-state index in [-0.39, 0.29) is 12.2 Å². The van der Waals surface area contributed by atoms with Crippen molar-refractivity contribution >= 4 is 22.4 Å². The number of anilines is 1. The molecule has 0 saturated carbocycles. The molecular formula is C9H12N2O2S. The Bertz CT molecular complexity index is 366. The highest BCUT2D eigenvalue weighted by molar-refractivity contribution is 7.85. The van der Waals surface area contributed by atoms with E-state index in [0.29, 0.717) is 10.6 Å². The number of rotatable bonds is 4. The van der Waals surface area contributed by atoms with Crippen molar-refractivity contribution in [2.75, 3.05) is 11.5 Å². The molecule has 1 unspecified atom stereocenters. The van der Waals surface area contributed by atoms with Gasteiger partial charge < -0.3 is 11.5 Å². The standard InChI is InChI=1S/C9H12N2O2S/c10-7-2-1-3-8(6-7)14(13)5-4-9(11)12/h1-3,6H,4-5,10H2,(H2,11,12). The second kappa shape index (κ2) is 4.76.